The zero-order chi connectivity index (χ0) is 10.8. The highest BCUT2D eigenvalue weighted by Gasteiger charge is 2.26. The third kappa shape index (κ3) is 2.75. The minimum absolute atomic E-state index is 0.343. The Kier molecular flexibility index (Phi) is 3.35. The fourth-order valence-corrected chi connectivity index (χ4v) is 1.75. The molecule has 82 valence electrons. The standard InChI is InChI=1S/C10H12BrFN2O/c11-6-1-4-8(9(12)5-6)10(14-15)13-7-2-3-7/h1,4-5,7,10,13-15H,2-3H2. The normalized spacial score (nSPS) is 17.8. The molecule has 1 aromatic rings. The first-order chi connectivity index (χ1) is 7.20. The van der Waals surface area contributed by atoms with E-state index < -0.39 is 6.17 Å². The van der Waals surface area contributed by atoms with Crippen molar-refractivity contribution in [3.63, 3.8) is 0 Å². The summed E-state index contributed by atoms with van der Waals surface area (Å²) in [6, 6.07) is 5.16. The molecule has 1 aromatic carbocycles. The molecule has 5 heteroatoms. The minimum Gasteiger partial charge on any atom is -0.315 e. The van der Waals surface area contributed by atoms with Crippen molar-refractivity contribution in [2.24, 2.45) is 0 Å². The number of hydrogen-bond donors (Lipinski definition) is 3. The van der Waals surface area contributed by atoms with E-state index in [0.717, 1.165) is 12.8 Å². The lowest BCUT2D eigenvalue weighted by Crippen LogP contribution is -2.34. The van der Waals surface area contributed by atoms with Gasteiger partial charge in [0.25, 0.3) is 0 Å². The van der Waals surface area contributed by atoms with Crippen molar-refractivity contribution >= 4 is 15.9 Å². The Morgan fingerprint density at radius 2 is 2.20 bits per heavy atom. The van der Waals surface area contributed by atoms with E-state index in [-0.39, 0.29) is 5.82 Å². The van der Waals surface area contributed by atoms with Crippen molar-refractivity contribution in [3.8, 4) is 0 Å². The van der Waals surface area contributed by atoms with Gasteiger partial charge in [-0.2, -0.15) is 5.48 Å². The second kappa shape index (κ2) is 4.57. The second-order valence-corrected chi connectivity index (χ2v) is 4.58. The summed E-state index contributed by atoms with van der Waals surface area (Å²) in [6.45, 7) is 0. The molecule has 1 atom stereocenters. The zero-order valence-corrected chi connectivity index (χ0v) is 9.59. The maximum atomic E-state index is 13.5. The molecule has 2 rings (SSSR count). The SMILES string of the molecule is ONC(NC1CC1)c1ccc(Br)cc1F. The van der Waals surface area contributed by atoms with E-state index >= 15 is 0 Å². The van der Waals surface area contributed by atoms with Crippen LogP contribution in [0.4, 0.5) is 4.39 Å². The van der Waals surface area contributed by atoms with Crippen LogP contribution in [-0.2, 0) is 0 Å². The molecule has 1 unspecified atom stereocenters. The quantitative estimate of drug-likeness (QED) is 0.583. The van der Waals surface area contributed by atoms with Gasteiger partial charge in [0.2, 0.25) is 0 Å². The first-order valence-electron chi connectivity index (χ1n) is 4.81. The molecule has 0 saturated heterocycles. The van der Waals surface area contributed by atoms with Crippen LogP contribution in [0.5, 0.6) is 0 Å². The predicted octanol–water partition coefficient (Wildman–Crippen LogP) is 2.32. The molecule has 1 fully saturated rings. The van der Waals surface area contributed by atoms with Gasteiger partial charge < -0.3 is 5.21 Å². The summed E-state index contributed by atoms with van der Waals surface area (Å²) in [6.07, 6.45) is 1.62. The van der Waals surface area contributed by atoms with Crippen molar-refractivity contribution < 1.29 is 9.60 Å². The molecule has 0 aliphatic heterocycles. The summed E-state index contributed by atoms with van der Waals surface area (Å²) < 4.78 is 14.2. The average molecular weight is 275 g/mol. The van der Waals surface area contributed by atoms with Crippen molar-refractivity contribution in [3.05, 3.63) is 34.1 Å². The van der Waals surface area contributed by atoms with E-state index in [1.54, 1.807) is 12.1 Å². The first kappa shape index (κ1) is 11.0. The topological polar surface area (TPSA) is 44.3 Å². The van der Waals surface area contributed by atoms with Crippen LogP contribution in [0.1, 0.15) is 24.6 Å². The second-order valence-electron chi connectivity index (χ2n) is 3.67. The van der Waals surface area contributed by atoms with Crippen molar-refractivity contribution in [1.82, 2.24) is 10.8 Å². The van der Waals surface area contributed by atoms with Crippen molar-refractivity contribution in [1.29, 1.82) is 0 Å². The molecule has 3 N–H and O–H groups in total. The fourth-order valence-electron chi connectivity index (χ4n) is 1.42. The van der Waals surface area contributed by atoms with E-state index in [0.29, 0.717) is 16.1 Å². The van der Waals surface area contributed by atoms with Crippen LogP contribution in [0.2, 0.25) is 0 Å². The summed E-state index contributed by atoms with van der Waals surface area (Å²) in [5.41, 5.74) is 2.51. The van der Waals surface area contributed by atoms with Crippen LogP contribution < -0.4 is 10.8 Å². The van der Waals surface area contributed by atoms with Crippen LogP contribution in [0, 0.1) is 5.82 Å². The van der Waals surface area contributed by atoms with E-state index in [1.165, 1.54) is 6.07 Å². The Hall–Kier alpha value is -0.490. The molecule has 15 heavy (non-hydrogen) atoms. The van der Waals surface area contributed by atoms with Gasteiger partial charge in [-0.1, -0.05) is 22.0 Å². The van der Waals surface area contributed by atoms with Gasteiger partial charge in [0, 0.05) is 16.1 Å². The Morgan fingerprint density at radius 3 is 2.73 bits per heavy atom. The molecular formula is C10H12BrFN2O. The van der Waals surface area contributed by atoms with Crippen LogP contribution in [0.25, 0.3) is 0 Å². The highest BCUT2D eigenvalue weighted by Crippen LogP contribution is 2.25. The summed E-state index contributed by atoms with van der Waals surface area (Å²) >= 11 is 3.19. The van der Waals surface area contributed by atoms with Crippen molar-refractivity contribution in [2.45, 2.75) is 25.0 Å². The Balaban J connectivity index is 2.16. The van der Waals surface area contributed by atoms with Crippen LogP contribution in [-0.4, -0.2) is 11.2 Å². The molecule has 0 amide bonds. The molecule has 1 aliphatic rings. The van der Waals surface area contributed by atoms with Crippen molar-refractivity contribution in [2.75, 3.05) is 0 Å². The van der Waals surface area contributed by atoms with Gasteiger partial charge in [-0.05, 0) is 25.0 Å². The minimum atomic E-state index is -0.536. The molecule has 1 aliphatic carbocycles. The highest BCUT2D eigenvalue weighted by atomic mass is 79.9. The molecule has 1 saturated carbocycles. The summed E-state index contributed by atoms with van der Waals surface area (Å²) in [5.74, 6) is -0.343. The Labute approximate surface area is 95.8 Å². The van der Waals surface area contributed by atoms with Crippen LogP contribution >= 0.6 is 15.9 Å². The third-order valence-electron chi connectivity index (χ3n) is 2.38. The van der Waals surface area contributed by atoms with Gasteiger partial charge in [0.15, 0.2) is 0 Å². The van der Waals surface area contributed by atoms with E-state index in [2.05, 4.69) is 26.7 Å². The van der Waals surface area contributed by atoms with E-state index in [4.69, 9.17) is 5.21 Å². The van der Waals surface area contributed by atoms with Gasteiger partial charge >= 0.3 is 0 Å². The molecule has 0 heterocycles. The third-order valence-corrected chi connectivity index (χ3v) is 2.88. The largest absolute Gasteiger partial charge is 0.315 e. The molecule has 0 spiro atoms. The number of benzene rings is 1. The van der Waals surface area contributed by atoms with Gasteiger partial charge in [0.1, 0.15) is 12.0 Å². The number of hydroxylamine groups is 1. The fraction of sp³-hybridized carbons (Fsp3) is 0.400. The smallest absolute Gasteiger partial charge is 0.130 e. The summed E-state index contributed by atoms with van der Waals surface area (Å²) in [7, 11) is 0. The lowest BCUT2D eigenvalue weighted by molar-refractivity contribution is 0.107. The Morgan fingerprint density at radius 1 is 1.47 bits per heavy atom. The van der Waals surface area contributed by atoms with Gasteiger partial charge in [-0.15, -0.1) is 0 Å². The Bertz CT molecular complexity index is 357. The average Bonchev–Trinajstić information content (AvgIpc) is 2.99. The molecule has 0 bridgehead atoms. The van der Waals surface area contributed by atoms with Gasteiger partial charge in [-0.25, -0.2) is 4.39 Å². The summed E-state index contributed by atoms with van der Waals surface area (Å²) in [4.78, 5) is 0. The lowest BCUT2D eigenvalue weighted by Gasteiger charge is -2.17. The van der Waals surface area contributed by atoms with Crippen LogP contribution in [0.3, 0.4) is 0 Å². The van der Waals surface area contributed by atoms with Gasteiger partial charge in [-0.3, -0.25) is 5.32 Å². The summed E-state index contributed by atoms with van der Waals surface area (Å²) in [5, 5.41) is 12.1. The van der Waals surface area contributed by atoms with E-state index in [1.807, 2.05) is 0 Å². The molecule has 0 radical (unpaired) electrons. The predicted molar refractivity (Wildman–Crippen MR) is 57.9 cm³/mol. The maximum absolute atomic E-state index is 13.5. The zero-order valence-electron chi connectivity index (χ0n) is 8.00. The molecular weight excluding hydrogens is 263 g/mol. The first-order valence-corrected chi connectivity index (χ1v) is 5.60. The monoisotopic (exact) mass is 274 g/mol. The number of halogens is 2. The lowest BCUT2D eigenvalue weighted by atomic mass is 10.1. The van der Waals surface area contributed by atoms with E-state index in [9.17, 15) is 4.39 Å². The highest BCUT2D eigenvalue weighted by molar-refractivity contribution is 9.10. The number of rotatable bonds is 4. The number of nitrogens with one attached hydrogen (secondary N) is 2. The molecule has 0 aromatic heterocycles. The molecule has 3 nitrogen and oxygen atoms in total. The van der Waals surface area contributed by atoms with Crippen LogP contribution in [0.15, 0.2) is 22.7 Å². The number of hydrogen-bond acceptors (Lipinski definition) is 3. The maximum Gasteiger partial charge on any atom is 0.130 e. The van der Waals surface area contributed by atoms with Gasteiger partial charge in [0.05, 0.1) is 0 Å².